The topological polar surface area (TPSA) is 83.3 Å². The molecule has 1 amide bonds. The van der Waals surface area contributed by atoms with Crippen molar-refractivity contribution in [3.05, 3.63) is 81.9 Å². The minimum Gasteiger partial charge on any atom is -0.391 e. The first-order valence-corrected chi connectivity index (χ1v) is 8.91. The Bertz CT molecular complexity index is 1130. The lowest BCUT2D eigenvalue weighted by Gasteiger charge is -2.03. The van der Waals surface area contributed by atoms with Gasteiger partial charge in [0.25, 0.3) is 5.91 Å². The van der Waals surface area contributed by atoms with E-state index in [0.717, 1.165) is 15.8 Å². The monoisotopic (exact) mass is 364 g/mol. The van der Waals surface area contributed by atoms with Crippen LogP contribution in [-0.2, 0) is 13.2 Å². The number of pyridine rings is 1. The van der Waals surface area contributed by atoms with Gasteiger partial charge in [-0.3, -0.25) is 4.79 Å². The molecule has 3 aromatic heterocycles. The SMILES string of the molecule is O=C(N=c1sc(CO)cn1Cc1ccccc1)c1ccnc2[nH]ccc12. The Kier molecular flexibility index (Phi) is 4.47. The molecule has 4 rings (SSSR count). The minimum atomic E-state index is -0.329. The summed E-state index contributed by atoms with van der Waals surface area (Å²) in [5.74, 6) is -0.329. The number of aliphatic hydroxyl groups excluding tert-OH is 1. The third kappa shape index (κ3) is 3.22. The maximum Gasteiger partial charge on any atom is 0.280 e. The van der Waals surface area contributed by atoms with Gasteiger partial charge < -0.3 is 14.7 Å². The van der Waals surface area contributed by atoms with Crippen molar-refractivity contribution in [3.8, 4) is 0 Å². The van der Waals surface area contributed by atoms with Gasteiger partial charge in [0.2, 0.25) is 0 Å². The molecular weight excluding hydrogens is 348 g/mol. The average molecular weight is 364 g/mol. The lowest BCUT2D eigenvalue weighted by Crippen LogP contribution is -2.17. The maximum absolute atomic E-state index is 12.8. The second-order valence-corrected chi connectivity index (χ2v) is 6.86. The summed E-state index contributed by atoms with van der Waals surface area (Å²) in [6.07, 6.45) is 5.18. The predicted octanol–water partition coefficient (Wildman–Crippen LogP) is 2.71. The summed E-state index contributed by atoms with van der Waals surface area (Å²) in [6, 6.07) is 13.4. The lowest BCUT2D eigenvalue weighted by atomic mass is 10.2. The van der Waals surface area contributed by atoms with E-state index >= 15 is 0 Å². The van der Waals surface area contributed by atoms with Gasteiger partial charge in [-0.15, -0.1) is 0 Å². The summed E-state index contributed by atoms with van der Waals surface area (Å²) in [5.41, 5.74) is 2.26. The summed E-state index contributed by atoms with van der Waals surface area (Å²) >= 11 is 1.31. The zero-order chi connectivity index (χ0) is 17.9. The van der Waals surface area contributed by atoms with Crippen LogP contribution in [0.2, 0.25) is 0 Å². The van der Waals surface area contributed by atoms with Crippen molar-refractivity contribution in [2.45, 2.75) is 13.2 Å². The highest BCUT2D eigenvalue weighted by Gasteiger charge is 2.12. The highest BCUT2D eigenvalue weighted by Crippen LogP contribution is 2.16. The molecule has 1 aromatic carbocycles. The molecule has 2 N–H and O–H groups in total. The zero-order valence-electron chi connectivity index (χ0n) is 13.8. The van der Waals surface area contributed by atoms with E-state index in [-0.39, 0.29) is 12.5 Å². The molecule has 0 bridgehead atoms. The van der Waals surface area contributed by atoms with Crippen molar-refractivity contribution in [1.29, 1.82) is 0 Å². The predicted molar refractivity (Wildman–Crippen MR) is 99.8 cm³/mol. The number of thiazole rings is 1. The van der Waals surface area contributed by atoms with Crippen molar-refractivity contribution in [2.75, 3.05) is 0 Å². The minimum absolute atomic E-state index is 0.0829. The molecule has 0 saturated carbocycles. The van der Waals surface area contributed by atoms with Gasteiger partial charge in [0, 0.05) is 35.4 Å². The van der Waals surface area contributed by atoms with E-state index in [4.69, 9.17) is 0 Å². The van der Waals surface area contributed by atoms with E-state index in [0.29, 0.717) is 22.6 Å². The van der Waals surface area contributed by atoms with Crippen molar-refractivity contribution in [2.24, 2.45) is 4.99 Å². The lowest BCUT2D eigenvalue weighted by molar-refractivity contribution is 0.0999. The van der Waals surface area contributed by atoms with Crippen LogP contribution >= 0.6 is 11.3 Å². The normalized spacial score (nSPS) is 12.0. The van der Waals surface area contributed by atoms with Gasteiger partial charge in [-0.2, -0.15) is 4.99 Å². The molecule has 3 heterocycles. The van der Waals surface area contributed by atoms with Gasteiger partial charge >= 0.3 is 0 Å². The number of amides is 1. The van der Waals surface area contributed by atoms with Gasteiger partial charge in [-0.05, 0) is 17.7 Å². The number of rotatable bonds is 4. The number of nitrogens with one attached hydrogen (secondary N) is 1. The van der Waals surface area contributed by atoms with Crippen LogP contribution in [0.5, 0.6) is 0 Å². The summed E-state index contributed by atoms with van der Waals surface area (Å²) in [6.45, 7) is 0.500. The fourth-order valence-electron chi connectivity index (χ4n) is 2.78. The van der Waals surface area contributed by atoms with E-state index < -0.39 is 0 Å². The van der Waals surface area contributed by atoms with Crippen LogP contribution in [0.15, 0.2) is 66.0 Å². The average Bonchev–Trinajstić information content (AvgIpc) is 3.29. The van der Waals surface area contributed by atoms with Crippen molar-refractivity contribution in [1.82, 2.24) is 14.5 Å². The third-order valence-electron chi connectivity index (χ3n) is 4.01. The van der Waals surface area contributed by atoms with Crippen LogP contribution in [-0.4, -0.2) is 25.5 Å². The standard InChI is InChI=1S/C19H16N4O2S/c24-12-14-11-23(10-13-4-2-1-3-5-13)19(26-14)22-18(25)16-7-9-21-17-15(16)6-8-20-17/h1-9,11,24H,10,12H2,(H,20,21). The summed E-state index contributed by atoms with van der Waals surface area (Å²) in [4.78, 5) is 25.6. The molecule has 0 spiro atoms. The summed E-state index contributed by atoms with van der Waals surface area (Å²) in [5, 5.41) is 10.2. The molecule has 0 aliphatic carbocycles. The Balaban J connectivity index is 1.75. The number of hydrogen-bond acceptors (Lipinski definition) is 4. The molecule has 0 atom stereocenters. The third-order valence-corrected chi connectivity index (χ3v) is 5.01. The van der Waals surface area contributed by atoms with E-state index in [1.807, 2.05) is 47.2 Å². The fraction of sp³-hybridized carbons (Fsp3) is 0.105. The van der Waals surface area contributed by atoms with Crippen molar-refractivity contribution >= 4 is 28.3 Å². The number of fused-ring (bicyclic) bond motifs is 1. The number of aromatic nitrogens is 3. The molecule has 0 unspecified atom stereocenters. The van der Waals surface area contributed by atoms with Crippen molar-refractivity contribution < 1.29 is 9.90 Å². The highest BCUT2D eigenvalue weighted by molar-refractivity contribution is 7.09. The van der Waals surface area contributed by atoms with Crippen molar-refractivity contribution in [3.63, 3.8) is 0 Å². The van der Waals surface area contributed by atoms with Crippen LogP contribution in [0.1, 0.15) is 20.8 Å². The zero-order valence-corrected chi connectivity index (χ0v) is 14.6. The van der Waals surface area contributed by atoms with Crippen LogP contribution in [0.3, 0.4) is 0 Å². The number of H-pyrrole nitrogens is 1. The first-order valence-electron chi connectivity index (χ1n) is 8.09. The summed E-state index contributed by atoms with van der Waals surface area (Å²) < 4.78 is 1.89. The van der Waals surface area contributed by atoms with Crippen LogP contribution in [0, 0.1) is 0 Å². The van der Waals surface area contributed by atoms with E-state index in [2.05, 4.69) is 15.0 Å². The Labute approximate surface area is 153 Å². The van der Waals surface area contributed by atoms with Crippen LogP contribution < -0.4 is 4.80 Å². The number of carbonyl (C=O) groups is 1. The number of hydrogen-bond donors (Lipinski definition) is 2. The molecule has 7 heteroatoms. The largest absolute Gasteiger partial charge is 0.391 e. The Morgan fingerprint density at radius 2 is 2.08 bits per heavy atom. The van der Waals surface area contributed by atoms with Gasteiger partial charge in [-0.1, -0.05) is 41.7 Å². The van der Waals surface area contributed by atoms with Gasteiger partial charge in [0.1, 0.15) is 5.65 Å². The maximum atomic E-state index is 12.8. The number of nitrogens with zero attached hydrogens (tertiary/aromatic N) is 3. The Hall–Kier alpha value is -3.03. The molecule has 0 aliphatic rings. The molecular formula is C19H16N4O2S. The molecule has 0 aliphatic heterocycles. The fourth-order valence-corrected chi connectivity index (χ4v) is 3.62. The number of aromatic amines is 1. The van der Waals surface area contributed by atoms with E-state index in [1.54, 1.807) is 18.5 Å². The van der Waals surface area contributed by atoms with E-state index in [1.165, 1.54) is 11.3 Å². The summed E-state index contributed by atoms with van der Waals surface area (Å²) in [7, 11) is 0. The number of carbonyl (C=O) groups excluding carboxylic acids is 1. The highest BCUT2D eigenvalue weighted by atomic mass is 32.1. The van der Waals surface area contributed by atoms with Crippen LogP contribution in [0.25, 0.3) is 11.0 Å². The smallest absolute Gasteiger partial charge is 0.280 e. The first kappa shape index (κ1) is 16.4. The molecule has 130 valence electrons. The van der Waals surface area contributed by atoms with Gasteiger partial charge in [-0.25, -0.2) is 4.98 Å². The number of benzene rings is 1. The molecule has 0 saturated heterocycles. The van der Waals surface area contributed by atoms with E-state index in [9.17, 15) is 9.90 Å². The molecule has 26 heavy (non-hydrogen) atoms. The molecule has 0 radical (unpaired) electrons. The first-order chi connectivity index (χ1) is 12.7. The molecule has 4 aromatic rings. The Morgan fingerprint density at radius 1 is 1.23 bits per heavy atom. The number of aliphatic hydroxyl groups is 1. The Morgan fingerprint density at radius 3 is 2.88 bits per heavy atom. The van der Waals surface area contributed by atoms with Gasteiger partial charge in [0.05, 0.1) is 12.2 Å². The quantitative estimate of drug-likeness (QED) is 0.584. The second kappa shape index (κ2) is 7.07. The molecule has 6 nitrogen and oxygen atoms in total. The second-order valence-electron chi connectivity index (χ2n) is 5.77. The van der Waals surface area contributed by atoms with Crippen LogP contribution in [0.4, 0.5) is 0 Å². The van der Waals surface area contributed by atoms with Gasteiger partial charge in [0.15, 0.2) is 4.80 Å². The molecule has 0 fully saturated rings.